The van der Waals surface area contributed by atoms with Gasteiger partial charge in [0.2, 0.25) is 0 Å². The lowest BCUT2D eigenvalue weighted by molar-refractivity contribution is -0.00607. The van der Waals surface area contributed by atoms with Crippen LogP contribution in [0, 0.1) is 11.3 Å². The summed E-state index contributed by atoms with van der Waals surface area (Å²) in [5, 5.41) is 0. The van der Waals surface area contributed by atoms with E-state index in [1.165, 1.54) is 12.8 Å². The van der Waals surface area contributed by atoms with Crippen LogP contribution in [0.5, 0.6) is 0 Å². The highest BCUT2D eigenvalue weighted by molar-refractivity contribution is 4.86. The van der Waals surface area contributed by atoms with Crippen molar-refractivity contribution in [2.45, 2.75) is 25.7 Å². The fourth-order valence-corrected chi connectivity index (χ4v) is 3.26. The minimum atomic E-state index is 0.280. The normalized spacial score (nSPS) is 28.5. The number of nitrogens with two attached hydrogens (primary N) is 1. The van der Waals surface area contributed by atoms with E-state index in [2.05, 4.69) is 11.9 Å². The first-order valence-electron chi connectivity index (χ1n) is 7.28. The molecular formula is C14H28N2O2. The Morgan fingerprint density at radius 3 is 2.61 bits per heavy atom. The average molecular weight is 256 g/mol. The molecule has 1 atom stereocenters. The molecule has 0 amide bonds. The molecular weight excluding hydrogens is 228 g/mol. The van der Waals surface area contributed by atoms with Crippen LogP contribution in [0.15, 0.2) is 0 Å². The molecule has 2 aliphatic heterocycles. The molecule has 0 radical (unpaired) electrons. The Morgan fingerprint density at radius 2 is 2.00 bits per heavy atom. The molecule has 2 N–H and O–H groups in total. The van der Waals surface area contributed by atoms with Crippen LogP contribution in [-0.4, -0.2) is 58.0 Å². The van der Waals surface area contributed by atoms with Gasteiger partial charge in [0, 0.05) is 32.9 Å². The van der Waals surface area contributed by atoms with Gasteiger partial charge in [-0.25, -0.2) is 0 Å². The van der Waals surface area contributed by atoms with Crippen LogP contribution in [0.2, 0.25) is 0 Å². The monoisotopic (exact) mass is 256 g/mol. The zero-order valence-electron chi connectivity index (χ0n) is 11.7. The van der Waals surface area contributed by atoms with Crippen LogP contribution >= 0.6 is 0 Å². The Labute approximate surface area is 111 Å². The Balaban J connectivity index is 1.78. The van der Waals surface area contributed by atoms with E-state index in [0.717, 1.165) is 58.9 Å². The van der Waals surface area contributed by atoms with Gasteiger partial charge >= 0.3 is 0 Å². The van der Waals surface area contributed by atoms with Gasteiger partial charge in [0.15, 0.2) is 0 Å². The van der Waals surface area contributed by atoms with Crippen molar-refractivity contribution < 1.29 is 9.47 Å². The van der Waals surface area contributed by atoms with Gasteiger partial charge < -0.3 is 20.1 Å². The second-order valence-electron chi connectivity index (χ2n) is 6.10. The number of ether oxygens (including phenoxy) is 2. The lowest BCUT2D eigenvalue weighted by Gasteiger charge is -2.40. The quantitative estimate of drug-likeness (QED) is 0.800. The molecule has 0 aromatic heterocycles. The third-order valence-corrected chi connectivity index (χ3v) is 4.42. The van der Waals surface area contributed by atoms with Crippen molar-refractivity contribution in [3.05, 3.63) is 0 Å². The number of nitrogens with zero attached hydrogens (tertiary/aromatic N) is 1. The lowest BCUT2D eigenvalue weighted by atomic mass is 9.79. The molecule has 0 aromatic rings. The van der Waals surface area contributed by atoms with Gasteiger partial charge in [-0.15, -0.1) is 0 Å². The zero-order chi connectivity index (χ0) is 12.8. The van der Waals surface area contributed by atoms with Crippen molar-refractivity contribution >= 4 is 0 Å². The fourth-order valence-electron chi connectivity index (χ4n) is 3.26. The Hall–Kier alpha value is -0.160. The molecule has 2 heterocycles. The second-order valence-corrected chi connectivity index (χ2v) is 6.10. The minimum absolute atomic E-state index is 0.280. The molecule has 2 fully saturated rings. The first kappa shape index (κ1) is 14.3. The van der Waals surface area contributed by atoms with Crippen LogP contribution in [0.3, 0.4) is 0 Å². The SMILES string of the molecule is CN(CC1CCCOC1)CC1(CN)CCOCC1. The third kappa shape index (κ3) is 3.92. The van der Waals surface area contributed by atoms with Gasteiger partial charge in [0.05, 0.1) is 6.61 Å². The van der Waals surface area contributed by atoms with E-state index < -0.39 is 0 Å². The maximum absolute atomic E-state index is 6.01. The lowest BCUT2D eigenvalue weighted by Crippen LogP contribution is -2.46. The van der Waals surface area contributed by atoms with Crippen molar-refractivity contribution in [1.29, 1.82) is 0 Å². The topological polar surface area (TPSA) is 47.7 Å². The number of hydrogen-bond acceptors (Lipinski definition) is 4. The van der Waals surface area contributed by atoms with E-state index in [1.807, 2.05) is 0 Å². The molecule has 2 saturated heterocycles. The highest BCUT2D eigenvalue weighted by Gasteiger charge is 2.32. The number of rotatable bonds is 5. The summed E-state index contributed by atoms with van der Waals surface area (Å²) in [6.45, 7) is 6.65. The first-order valence-corrected chi connectivity index (χ1v) is 7.28. The Kier molecular flexibility index (Phi) is 5.42. The molecule has 2 aliphatic rings. The first-order chi connectivity index (χ1) is 8.74. The molecule has 0 bridgehead atoms. The Morgan fingerprint density at radius 1 is 1.22 bits per heavy atom. The van der Waals surface area contributed by atoms with E-state index in [1.54, 1.807) is 0 Å². The molecule has 4 nitrogen and oxygen atoms in total. The van der Waals surface area contributed by atoms with Crippen molar-refractivity contribution in [2.24, 2.45) is 17.1 Å². The summed E-state index contributed by atoms with van der Waals surface area (Å²) in [5.74, 6) is 0.707. The van der Waals surface area contributed by atoms with Gasteiger partial charge in [-0.05, 0) is 50.6 Å². The van der Waals surface area contributed by atoms with Crippen LogP contribution in [0.25, 0.3) is 0 Å². The van der Waals surface area contributed by atoms with Crippen molar-refractivity contribution in [2.75, 3.05) is 53.1 Å². The molecule has 0 spiro atoms. The van der Waals surface area contributed by atoms with Gasteiger partial charge in [-0.3, -0.25) is 0 Å². The second kappa shape index (κ2) is 6.85. The summed E-state index contributed by atoms with van der Waals surface area (Å²) in [7, 11) is 2.22. The molecule has 4 heteroatoms. The third-order valence-electron chi connectivity index (χ3n) is 4.42. The summed E-state index contributed by atoms with van der Waals surface area (Å²) in [6, 6.07) is 0. The Bertz CT molecular complexity index is 236. The summed E-state index contributed by atoms with van der Waals surface area (Å²) in [6.07, 6.45) is 4.74. The van der Waals surface area contributed by atoms with Gasteiger partial charge in [0.25, 0.3) is 0 Å². The van der Waals surface area contributed by atoms with E-state index >= 15 is 0 Å². The van der Waals surface area contributed by atoms with E-state index in [-0.39, 0.29) is 5.41 Å². The smallest absolute Gasteiger partial charge is 0.0506 e. The largest absolute Gasteiger partial charge is 0.381 e. The summed E-state index contributed by atoms with van der Waals surface area (Å²) in [4.78, 5) is 2.46. The van der Waals surface area contributed by atoms with E-state index in [9.17, 15) is 0 Å². The average Bonchev–Trinajstić information content (AvgIpc) is 2.41. The van der Waals surface area contributed by atoms with Crippen LogP contribution in [0.1, 0.15) is 25.7 Å². The highest BCUT2D eigenvalue weighted by atomic mass is 16.5. The summed E-state index contributed by atoms with van der Waals surface area (Å²) >= 11 is 0. The summed E-state index contributed by atoms with van der Waals surface area (Å²) < 4.78 is 11.0. The highest BCUT2D eigenvalue weighted by Crippen LogP contribution is 2.30. The molecule has 1 unspecified atom stereocenters. The van der Waals surface area contributed by atoms with E-state index in [0.29, 0.717) is 5.92 Å². The molecule has 106 valence electrons. The molecule has 0 aromatic carbocycles. The maximum atomic E-state index is 6.01. The van der Waals surface area contributed by atoms with Crippen LogP contribution in [0.4, 0.5) is 0 Å². The van der Waals surface area contributed by atoms with Gasteiger partial charge in [0.1, 0.15) is 0 Å². The summed E-state index contributed by atoms with van der Waals surface area (Å²) in [5.41, 5.74) is 6.29. The molecule has 0 aliphatic carbocycles. The number of hydrogen-bond donors (Lipinski definition) is 1. The van der Waals surface area contributed by atoms with Crippen LogP contribution in [-0.2, 0) is 9.47 Å². The van der Waals surface area contributed by atoms with Crippen molar-refractivity contribution in [3.8, 4) is 0 Å². The zero-order valence-corrected chi connectivity index (χ0v) is 11.7. The standard InChI is InChI=1S/C14H28N2O2/c1-16(9-13-3-2-6-18-10-13)12-14(11-15)4-7-17-8-5-14/h13H,2-12,15H2,1H3. The minimum Gasteiger partial charge on any atom is -0.381 e. The predicted octanol–water partition coefficient (Wildman–Crippen LogP) is 1.10. The maximum Gasteiger partial charge on any atom is 0.0506 e. The fraction of sp³-hybridized carbons (Fsp3) is 1.00. The molecule has 18 heavy (non-hydrogen) atoms. The molecule has 2 rings (SSSR count). The predicted molar refractivity (Wildman–Crippen MR) is 72.6 cm³/mol. The van der Waals surface area contributed by atoms with Crippen molar-refractivity contribution in [1.82, 2.24) is 4.90 Å². The van der Waals surface area contributed by atoms with Crippen LogP contribution < -0.4 is 5.73 Å². The van der Waals surface area contributed by atoms with Crippen molar-refractivity contribution in [3.63, 3.8) is 0 Å². The van der Waals surface area contributed by atoms with Gasteiger partial charge in [-0.1, -0.05) is 0 Å². The van der Waals surface area contributed by atoms with Gasteiger partial charge in [-0.2, -0.15) is 0 Å². The van der Waals surface area contributed by atoms with E-state index in [4.69, 9.17) is 15.2 Å². The molecule has 0 saturated carbocycles.